The summed E-state index contributed by atoms with van der Waals surface area (Å²) in [5.74, 6) is 0.177. The molecule has 3 aliphatic rings. The monoisotopic (exact) mass is 607 g/mol. The van der Waals surface area contributed by atoms with E-state index in [1.807, 2.05) is 41.1 Å². The number of pyridine rings is 1. The molecule has 4 heterocycles. The molecule has 0 bridgehead atoms. The molecule has 7 nitrogen and oxygen atoms in total. The molecule has 1 aromatic carbocycles. The Labute approximate surface area is 263 Å². The van der Waals surface area contributed by atoms with Gasteiger partial charge in [-0.2, -0.15) is 0 Å². The number of benzene rings is 1. The summed E-state index contributed by atoms with van der Waals surface area (Å²) >= 11 is 6.52. The number of anilines is 1. The van der Waals surface area contributed by atoms with Crippen molar-refractivity contribution in [1.29, 1.82) is 0 Å². The van der Waals surface area contributed by atoms with Crippen molar-refractivity contribution in [3.05, 3.63) is 57.9 Å². The van der Waals surface area contributed by atoms with Gasteiger partial charge < -0.3 is 14.7 Å². The van der Waals surface area contributed by atoms with E-state index in [1.54, 1.807) is 6.92 Å². The van der Waals surface area contributed by atoms with Crippen LogP contribution >= 0.6 is 11.6 Å². The summed E-state index contributed by atoms with van der Waals surface area (Å²) in [6, 6.07) is 8.44. The van der Waals surface area contributed by atoms with Gasteiger partial charge in [-0.3, -0.25) is 19.5 Å². The van der Waals surface area contributed by atoms with Crippen molar-refractivity contribution in [1.82, 2.24) is 19.7 Å². The molecule has 3 atom stereocenters. The average Bonchev–Trinajstić information content (AvgIpc) is 3.35. The van der Waals surface area contributed by atoms with Crippen LogP contribution in [0.15, 0.2) is 30.5 Å². The third kappa shape index (κ3) is 6.36. The molecule has 0 radical (unpaired) electrons. The normalized spacial score (nSPS) is 25.6. The first-order valence-electron chi connectivity index (χ1n) is 16.0. The topological polar surface area (TPSA) is 60.0 Å². The summed E-state index contributed by atoms with van der Waals surface area (Å²) in [5.41, 5.74) is 6.16. The molecule has 8 heteroatoms. The van der Waals surface area contributed by atoms with Gasteiger partial charge in [0.2, 0.25) is 11.8 Å². The molecule has 3 fully saturated rings. The van der Waals surface area contributed by atoms with Crippen LogP contribution in [0.2, 0.25) is 5.02 Å². The number of hydrogen-bond acceptors (Lipinski definition) is 5. The second-order valence-electron chi connectivity index (χ2n) is 14.1. The van der Waals surface area contributed by atoms with Gasteiger partial charge in [0, 0.05) is 98.1 Å². The van der Waals surface area contributed by atoms with E-state index in [0.717, 1.165) is 56.1 Å². The molecule has 5 rings (SSSR count). The number of piperidine rings is 1. The van der Waals surface area contributed by atoms with Crippen LogP contribution in [0.4, 0.5) is 5.69 Å². The molecule has 0 spiro atoms. The van der Waals surface area contributed by atoms with Crippen molar-refractivity contribution in [3.8, 4) is 0 Å². The molecule has 0 saturated carbocycles. The minimum Gasteiger partial charge on any atom is -0.343 e. The fourth-order valence-electron chi connectivity index (χ4n) is 8.04. The fourth-order valence-corrected chi connectivity index (χ4v) is 8.22. The van der Waals surface area contributed by atoms with Gasteiger partial charge in [-0.1, -0.05) is 31.5 Å². The Morgan fingerprint density at radius 1 is 1.02 bits per heavy atom. The smallest absolute Gasteiger partial charge is 0.230 e. The first-order valence-corrected chi connectivity index (χ1v) is 16.4. The number of carbonyl (C=O) groups excluding carboxylic acids is 2. The molecule has 1 aromatic heterocycles. The highest BCUT2D eigenvalue weighted by Crippen LogP contribution is 2.53. The quantitative estimate of drug-likeness (QED) is 0.366. The number of nitrogens with zero attached hydrogens (tertiary/aromatic N) is 5. The molecule has 0 N–H and O–H groups in total. The van der Waals surface area contributed by atoms with E-state index in [1.165, 1.54) is 11.1 Å². The first-order chi connectivity index (χ1) is 20.3. The second kappa shape index (κ2) is 12.5. The van der Waals surface area contributed by atoms with Crippen LogP contribution in [0.25, 0.3) is 0 Å². The number of aromatic nitrogens is 1. The number of fused-ring (bicyclic) bond motifs is 1. The highest BCUT2D eigenvalue weighted by molar-refractivity contribution is 6.31. The lowest BCUT2D eigenvalue weighted by Gasteiger charge is -2.34. The lowest BCUT2D eigenvalue weighted by molar-refractivity contribution is -0.133. The van der Waals surface area contributed by atoms with E-state index in [4.69, 9.17) is 11.6 Å². The summed E-state index contributed by atoms with van der Waals surface area (Å²) in [4.78, 5) is 39.4. The predicted octanol–water partition coefficient (Wildman–Crippen LogP) is 6.05. The zero-order valence-corrected chi connectivity index (χ0v) is 28.0. The van der Waals surface area contributed by atoms with Crippen molar-refractivity contribution in [3.63, 3.8) is 0 Å². The van der Waals surface area contributed by atoms with Gasteiger partial charge in [0.1, 0.15) is 0 Å². The van der Waals surface area contributed by atoms with Crippen LogP contribution in [-0.2, 0) is 9.59 Å². The van der Waals surface area contributed by atoms with Gasteiger partial charge in [0.25, 0.3) is 0 Å². The van der Waals surface area contributed by atoms with E-state index in [9.17, 15) is 9.59 Å². The van der Waals surface area contributed by atoms with Crippen LogP contribution in [0.3, 0.4) is 0 Å². The van der Waals surface area contributed by atoms with Gasteiger partial charge in [-0.05, 0) is 88.4 Å². The van der Waals surface area contributed by atoms with Crippen LogP contribution in [-0.4, -0.2) is 83.9 Å². The van der Waals surface area contributed by atoms with Gasteiger partial charge in [0.15, 0.2) is 0 Å². The van der Waals surface area contributed by atoms with Gasteiger partial charge in [0.05, 0.1) is 0 Å². The zero-order chi connectivity index (χ0) is 31.1. The van der Waals surface area contributed by atoms with Crippen molar-refractivity contribution >= 4 is 29.1 Å². The SMILES string of the molecule is CC(=O)N1CCC(C(=O)N(CCCN2C[C@@]3(C)CN(C(C)c4c(C)ccnc4C)C[C@@]3(C)C2)c2ccc(C)c(Cl)c2)CC1. The summed E-state index contributed by atoms with van der Waals surface area (Å²) in [6.07, 6.45) is 4.25. The zero-order valence-electron chi connectivity index (χ0n) is 27.3. The fraction of sp³-hybridized carbons (Fsp3) is 0.629. The molecule has 234 valence electrons. The predicted molar refractivity (Wildman–Crippen MR) is 174 cm³/mol. The number of likely N-dealkylation sites (tertiary alicyclic amines) is 3. The highest BCUT2D eigenvalue weighted by Gasteiger charge is 2.57. The molecule has 43 heavy (non-hydrogen) atoms. The molecule has 3 aliphatic heterocycles. The Bertz CT molecular complexity index is 1320. The van der Waals surface area contributed by atoms with Crippen LogP contribution in [0, 0.1) is 37.5 Å². The Balaban J connectivity index is 1.22. The van der Waals surface area contributed by atoms with Crippen molar-refractivity contribution < 1.29 is 9.59 Å². The summed E-state index contributed by atoms with van der Waals surface area (Å²) in [5, 5.41) is 0.686. The molecule has 2 aromatic rings. The van der Waals surface area contributed by atoms with Gasteiger partial charge in [-0.25, -0.2) is 0 Å². The number of amides is 2. The van der Waals surface area contributed by atoms with Gasteiger partial charge >= 0.3 is 0 Å². The maximum Gasteiger partial charge on any atom is 0.230 e. The first kappa shape index (κ1) is 31.9. The van der Waals surface area contributed by atoms with Gasteiger partial charge in [-0.15, -0.1) is 0 Å². The standard InChI is InChI=1S/C35H50ClN5O2/c1-24-9-10-30(19-31(24)36)41(33(43)29-12-17-39(18-13-29)28(5)42)16-8-15-38-20-34(6)22-40(23-35(34,7)21-38)27(4)32-25(2)11-14-37-26(32)3/h9-11,14,19,27,29H,8,12-13,15-18,20-23H2,1-7H3/t27?,34-,35+. The Morgan fingerprint density at radius 2 is 1.67 bits per heavy atom. The minimum atomic E-state index is -0.0697. The third-order valence-corrected chi connectivity index (χ3v) is 11.4. The average molecular weight is 608 g/mol. The van der Waals surface area contributed by atoms with Crippen LogP contribution in [0.1, 0.15) is 75.4 Å². The Kier molecular flexibility index (Phi) is 9.27. The number of rotatable bonds is 8. The molecule has 3 saturated heterocycles. The molecule has 2 amide bonds. The number of halogens is 1. The highest BCUT2D eigenvalue weighted by atomic mass is 35.5. The molecule has 1 unspecified atom stereocenters. The van der Waals surface area contributed by atoms with Crippen LogP contribution in [0.5, 0.6) is 0 Å². The molecular weight excluding hydrogens is 558 g/mol. The maximum atomic E-state index is 13.9. The molecule has 0 aliphatic carbocycles. The van der Waals surface area contributed by atoms with Crippen molar-refractivity contribution in [2.24, 2.45) is 16.7 Å². The van der Waals surface area contributed by atoms with Crippen molar-refractivity contribution in [2.45, 2.75) is 73.8 Å². The third-order valence-electron chi connectivity index (χ3n) is 11.0. The number of hydrogen-bond donors (Lipinski definition) is 0. The van der Waals surface area contributed by atoms with Crippen LogP contribution < -0.4 is 4.90 Å². The van der Waals surface area contributed by atoms with E-state index < -0.39 is 0 Å². The molecular formula is C35H50ClN5O2. The van der Waals surface area contributed by atoms with E-state index in [0.29, 0.717) is 43.5 Å². The minimum absolute atomic E-state index is 0.0697. The summed E-state index contributed by atoms with van der Waals surface area (Å²) in [7, 11) is 0. The van der Waals surface area contributed by atoms with Crippen molar-refractivity contribution in [2.75, 3.05) is 57.3 Å². The van der Waals surface area contributed by atoms with E-state index >= 15 is 0 Å². The maximum absolute atomic E-state index is 13.9. The Morgan fingerprint density at radius 3 is 2.26 bits per heavy atom. The number of aryl methyl sites for hydroxylation is 3. The van der Waals surface area contributed by atoms with E-state index in [2.05, 4.69) is 55.5 Å². The second-order valence-corrected chi connectivity index (χ2v) is 14.5. The largest absolute Gasteiger partial charge is 0.343 e. The Hall–Kier alpha value is -2.48. The lowest BCUT2D eigenvalue weighted by atomic mass is 9.71. The van der Waals surface area contributed by atoms with E-state index in [-0.39, 0.29) is 28.6 Å². The summed E-state index contributed by atoms with van der Waals surface area (Å²) in [6.45, 7) is 22.5. The lowest BCUT2D eigenvalue weighted by Crippen LogP contribution is -2.44. The summed E-state index contributed by atoms with van der Waals surface area (Å²) < 4.78 is 0. The number of carbonyl (C=O) groups is 2.